The van der Waals surface area contributed by atoms with Gasteiger partial charge in [-0.3, -0.25) is 4.79 Å². The highest BCUT2D eigenvalue weighted by molar-refractivity contribution is 5.89. The van der Waals surface area contributed by atoms with E-state index in [9.17, 15) is 4.79 Å². The van der Waals surface area contributed by atoms with E-state index in [0.29, 0.717) is 30.5 Å². The van der Waals surface area contributed by atoms with Gasteiger partial charge in [-0.25, -0.2) is 4.98 Å². The van der Waals surface area contributed by atoms with Gasteiger partial charge in [-0.15, -0.1) is 0 Å². The van der Waals surface area contributed by atoms with Crippen LogP contribution in [0.1, 0.15) is 0 Å². The molecular weight excluding hydrogens is 246 g/mol. The Morgan fingerprint density at radius 3 is 2.95 bits per heavy atom. The van der Waals surface area contributed by atoms with Crippen LogP contribution >= 0.6 is 0 Å². The Morgan fingerprint density at radius 1 is 1.37 bits per heavy atom. The molecule has 0 bridgehead atoms. The van der Waals surface area contributed by atoms with Gasteiger partial charge in [0.25, 0.3) is 0 Å². The van der Waals surface area contributed by atoms with Crippen LogP contribution in [0.5, 0.6) is 0 Å². The summed E-state index contributed by atoms with van der Waals surface area (Å²) in [6.45, 7) is 1.76. The molecule has 19 heavy (non-hydrogen) atoms. The summed E-state index contributed by atoms with van der Waals surface area (Å²) in [6.07, 6.45) is 1.58. The summed E-state index contributed by atoms with van der Waals surface area (Å²) in [5, 5.41) is 2.91. The summed E-state index contributed by atoms with van der Waals surface area (Å²) in [4.78, 5) is 31.4. The lowest BCUT2D eigenvalue weighted by Crippen LogP contribution is -2.49. The molecule has 100 valence electrons. The van der Waals surface area contributed by atoms with Crippen LogP contribution in [0.15, 0.2) is 6.33 Å². The number of hydrogen-bond donors (Lipinski definition) is 2. The highest BCUT2D eigenvalue weighted by Crippen LogP contribution is 2.23. The van der Waals surface area contributed by atoms with Gasteiger partial charge in [-0.2, -0.15) is 9.97 Å². The molecule has 0 aliphatic carbocycles. The highest BCUT2D eigenvalue weighted by Gasteiger charge is 2.24. The number of piperazine rings is 1. The summed E-state index contributed by atoms with van der Waals surface area (Å²) in [5.74, 6) is 1.30. The first-order chi connectivity index (χ1) is 9.19. The van der Waals surface area contributed by atoms with Gasteiger partial charge in [0.2, 0.25) is 11.9 Å². The van der Waals surface area contributed by atoms with E-state index in [-0.39, 0.29) is 5.91 Å². The standard InChI is InChI=1S/C11H15N7O/c1-12-11-15-9-8(13-6-14-9)10(16-11)18-4-3-17(2)7(19)5-18/h6H,3-5H2,1-2H3,(H2,12,13,14,15,16). The third-order valence-electron chi connectivity index (χ3n) is 3.25. The third kappa shape index (κ3) is 1.94. The number of amides is 1. The summed E-state index contributed by atoms with van der Waals surface area (Å²) >= 11 is 0. The average Bonchev–Trinajstić information content (AvgIpc) is 2.89. The van der Waals surface area contributed by atoms with E-state index in [1.807, 2.05) is 11.9 Å². The number of carbonyl (C=O) groups is 1. The minimum atomic E-state index is 0.0866. The van der Waals surface area contributed by atoms with E-state index < -0.39 is 0 Å². The lowest BCUT2D eigenvalue weighted by atomic mass is 10.3. The summed E-state index contributed by atoms with van der Waals surface area (Å²) in [7, 11) is 3.57. The van der Waals surface area contributed by atoms with Crippen LogP contribution in [0.4, 0.5) is 11.8 Å². The second-order valence-electron chi connectivity index (χ2n) is 4.46. The van der Waals surface area contributed by atoms with E-state index in [0.717, 1.165) is 12.1 Å². The van der Waals surface area contributed by atoms with Gasteiger partial charge >= 0.3 is 0 Å². The molecule has 8 nitrogen and oxygen atoms in total. The molecule has 2 aromatic rings. The molecule has 0 saturated carbocycles. The van der Waals surface area contributed by atoms with Gasteiger partial charge in [0, 0.05) is 27.2 Å². The Balaban J connectivity index is 2.03. The van der Waals surface area contributed by atoms with Gasteiger partial charge in [0.05, 0.1) is 12.9 Å². The van der Waals surface area contributed by atoms with Crippen molar-refractivity contribution in [3.8, 4) is 0 Å². The predicted molar refractivity (Wildman–Crippen MR) is 71.1 cm³/mol. The van der Waals surface area contributed by atoms with Gasteiger partial charge in [-0.1, -0.05) is 0 Å². The second kappa shape index (κ2) is 4.38. The minimum absolute atomic E-state index is 0.0866. The number of anilines is 2. The lowest BCUT2D eigenvalue weighted by Gasteiger charge is -2.32. The summed E-state index contributed by atoms with van der Waals surface area (Å²) in [5.41, 5.74) is 1.36. The lowest BCUT2D eigenvalue weighted by molar-refractivity contribution is -0.129. The van der Waals surface area contributed by atoms with Gasteiger partial charge in [0.15, 0.2) is 11.5 Å². The monoisotopic (exact) mass is 261 g/mol. The number of rotatable bonds is 2. The van der Waals surface area contributed by atoms with Crippen molar-refractivity contribution in [1.29, 1.82) is 0 Å². The van der Waals surface area contributed by atoms with Crippen LogP contribution in [0.3, 0.4) is 0 Å². The molecule has 2 aromatic heterocycles. The van der Waals surface area contributed by atoms with E-state index >= 15 is 0 Å². The fraction of sp³-hybridized carbons (Fsp3) is 0.455. The number of nitrogens with one attached hydrogen (secondary N) is 2. The van der Waals surface area contributed by atoms with E-state index in [4.69, 9.17) is 0 Å². The maximum Gasteiger partial charge on any atom is 0.241 e. The first kappa shape index (κ1) is 11.7. The molecule has 0 spiro atoms. The largest absolute Gasteiger partial charge is 0.357 e. The fourth-order valence-electron chi connectivity index (χ4n) is 2.10. The van der Waals surface area contributed by atoms with Crippen LogP contribution in [0.2, 0.25) is 0 Å². The van der Waals surface area contributed by atoms with Gasteiger partial charge in [-0.05, 0) is 0 Å². The molecule has 0 atom stereocenters. The van der Waals surface area contributed by atoms with Crippen molar-refractivity contribution in [2.24, 2.45) is 0 Å². The van der Waals surface area contributed by atoms with E-state index in [1.165, 1.54) is 0 Å². The maximum atomic E-state index is 11.8. The number of fused-ring (bicyclic) bond motifs is 1. The Bertz CT molecular complexity index is 623. The molecule has 3 rings (SSSR count). The van der Waals surface area contributed by atoms with Crippen LogP contribution in [-0.4, -0.2) is 64.5 Å². The normalized spacial score (nSPS) is 16.2. The SMILES string of the molecule is CNc1nc(N2CCN(C)C(=O)C2)c2[nH]cnc2n1. The number of aromatic amines is 1. The van der Waals surface area contributed by atoms with Crippen molar-refractivity contribution in [3.63, 3.8) is 0 Å². The zero-order valence-electron chi connectivity index (χ0n) is 10.8. The molecule has 3 heterocycles. The smallest absolute Gasteiger partial charge is 0.241 e. The molecule has 1 amide bonds. The molecule has 8 heteroatoms. The van der Waals surface area contributed by atoms with Crippen molar-refractivity contribution < 1.29 is 4.79 Å². The number of nitrogens with zero attached hydrogens (tertiary/aromatic N) is 5. The van der Waals surface area contributed by atoms with Crippen molar-refractivity contribution >= 4 is 28.8 Å². The number of carbonyl (C=O) groups excluding carboxylic acids is 1. The molecule has 1 aliphatic rings. The predicted octanol–water partition coefficient (Wildman–Crippen LogP) is -0.327. The van der Waals surface area contributed by atoms with Crippen LogP contribution in [0, 0.1) is 0 Å². The summed E-state index contributed by atoms with van der Waals surface area (Å²) < 4.78 is 0. The summed E-state index contributed by atoms with van der Waals surface area (Å²) in [6, 6.07) is 0. The van der Waals surface area contributed by atoms with Crippen molar-refractivity contribution in [2.75, 3.05) is 43.9 Å². The van der Waals surface area contributed by atoms with Crippen LogP contribution < -0.4 is 10.2 Å². The first-order valence-corrected chi connectivity index (χ1v) is 6.07. The van der Waals surface area contributed by atoms with Crippen molar-refractivity contribution in [1.82, 2.24) is 24.8 Å². The average molecular weight is 261 g/mol. The minimum Gasteiger partial charge on any atom is -0.357 e. The second-order valence-corrected chi connectivity index (χ2v) is 4.46. The van der Waals surface area contributed by atoms with Crippen molar-refractivity contribution in [3.05, 3.63) is 6.33 Å². The van der Waals surface area contributed by atoms with Crippen LogP contribution in [-0.2, 0) is 4.79 Å². The number of aromatic nitrogens is 4. The first-order valence-electron chi connectivity index (χ1n) is 6.07. The fourth-order valence-corrected chi connectivity index (χ4v) is 2.10. The highest BCUT2D eigenvalue weighted by atomic mass is 16.2. The zero-order valence-corrected chi connectivity index (χ0v) is 10.8. The third-order valence-corrected chi connectivity index (χ3v) is 3.25. The molecule has 2 N–H and O–H groups in total. The number of hydrogen-bond acceptors (Lipinski definition) is 6. The van der Waals surface area contributed by atoms with Crippen LogP contribution in [0.25, 0.3) is 11.2 Å². The molecule has 0 unspecified atom stereocenters. The number of likely N-dealkylation sites (N-methyl/N-ethyl adjacent to an activating group) is 1. The Morgan fingerprint density at radius 2 is 2.21 bits per heavy atom. The topological polar surface area (TPSA) is 90.0 Å². The molecule has 1 saturated heterocycles. The molecule has 0 aromatic carbocycles. The van der Waals surface area contributed by atoms with Gasteiger partial charge < -0.3 is 20.1 Å². The molecule has 1 fully saturated rings. The quantitative estimate of drug-likeness (QED) is 0.769. The number of H-pyrrole nitrogens is 1. The zero-order chi connectivity index (χ0) is 13.4. The molecule has 0 radical (unpaired) electrons. The molecule has 1 aliphatic heterocycles. The Kier molecular flexibility index (Phi) is 2.69. The van der Waals surface area contributed by atoms with Crippen molar-refractivity contribution in [2.45, 2.75) is 0 Å². The molecular formula is C11H15N7O. The maximum absolute atomic E-state index is 11.8. The van der Waals surface area contributed by atoms with E-state index in [1.54, 1.807) is 18.3 Å². The van der Waals surface area contributed by atoms with E-state index in [2.05, 4.69) is 25.3 Å². The van der Waals surface area contributed by atoms with Gasteiger partial charge in [0.1, 0.15) is 5.52 Å². The Labute approximate surface area is 109 Å². The Hall–Kier alpha value is -2.38. The number of imidazole rings is 1.